The molecule has 0 amide bonds. The zero-order valence-corrected chi connectivity index (χ0v) is 13.7. The van der Waals surface area contributed by atoms with Gasteiger partial charge in [-0.1, -0.05) is 12.1 Å². The second kappa shape index (κ2) is 6.64. The Bertz CT molecular complexity index is 713. The van der Waals surface area contributed by atoms with E-state index in [4.69, 9.17) is 9.47 Å². The van der Waals surface area contributed by atoms with Crippen LogP contribution in [0.3, 0.4) is 0 Å². The van der Waals surface area contributed by atoms with Crippen LogP contribution in [-0.2, 0) is 16.0 Å². The number of carbonyl (C=O) groups excluding carboxylic acids is 2. The minimum Gasteiger partial charge on any atom is -0.465 e. The summed E-state index contributed by atoms with van der Waals surface area (Å²) in [5.41, 5.74) is 1.20. The normalized spacial score (nSPS) is 11.1. The summed E-state index contributed by atoms with van der Waals surface area (Å²) in [6.07, 6.45) is 3.09. The molecule has 0 unspecified atom stereocenters. The molecule has 2 aromatic rings. The van der Waals surface area contributed by atoms with Crippen LogP contribution in [0.5, 0.6) is 0 Å². The SMILES string of the molecule is COC(=O)c1cccc(Cn2cc(C(=O)OC(C)(C)C)cn2)c1. The van der Waals surface area contributed by atoms with Gasteiger partial charge in [0.25, 0.3) is 0 Å². The van der Waals surface area contributed by atoms with Crippen molar-refractivity contribution >= 4 is 11.9 Å². The molecule has 0 spiro atoms. The van der Waals surface area contributed by atoms with Gasteiger partial charge in [-0.15, -0.1) is 0 Å². The minimum atomic E-state index is -0.548. The Morgan fingerprint density at radius 2 is 1.91 bits per heavy atom. The van der Waals surface area contributed by atoms with Crippen LogP contribution in [0.1, 0.15) is 47.1 Å². The van der Waals surface area contributed by atoms with Gasteiger partial charge < -0.3 is 9.47 Å². The molecule has 1 aromatic carbocycles. The summed E-state index contributed by atoms with van der Waals surface area (Å²) in [4.78, 5) is 23.5. The molecule has 0 aliphatic rings. The fourth-order valence-electron chi connectivity index (χ4n) is 1.99. The van der Waals surface area contributed by atoms with Gasteiger partial charge >= 0.3 is 11.9 Å². The number of rotatable bonds is 4. The second-order valence-electron chi connectivity index (χ2n) is 6.12. The third kappa shape index (κ3) is 4.67. The van der Waals surface area contributed by atoms with Gasteiger partial charge in [-0.05, 0) is 38.5 Å². The highest BCUT2D eigenvalue weighted by Crippen LogP contribution is 2.13. The van der Waals surface area contributed by atoms with E-state index in [1.165, 1.54) is 13.3 Å². The fourth-order valence-corrected chi connectivity index (χ4v) is 1.99. The summed E-state index contributed by atoms with van der Waals surface area (Å²) in [6.45, 7) is 5.88. The minimum absolute atomic E-state index is 0.387. The smallest absolute Gasteiger partial charge is 0.341 e. The molecule has 1 heterocycles. The number of nitrogens with zero attached hydrogens (tertiary/aromatic N) is 2. The van der Waals surface area contributed by atoms with E-state index >= 15 is 0 Å². The molecule has 0 saturated heterocycles. The average molecular weight is 316 g/mol. The van der Waals surface area contributed by atoms with Gasteiger partial charge in [0.1, 0.15) is 5.60 Å². The lowest BCUT2D eigenvalue weighted by molar-refractivity contribution is 0.00692. The first-order valence-corrected chi connectivity index (χ1v) is 7.21. The van der Waals surface area contributed by atoms with Crippen molar-refractivity contribution in [1.29, 1.82) is 0 Å². The van der Waals surface area contributed by atoms with Crippen LogP contribution in [-0.4, -0.2) is 34.4 Å². The molecule has 0 radical (unpaired) electrons. The lowest BCUT2D eigenvalue weighted by Gasteiger charge is -2.18. The van der Waals surface area contributed by atoms with Gasteiger partial charge in [-0.25, -0.2) is 9.59 Å². The summed E-state index contributed by atoms with van der Waals surface area (Å²) in [5.74, 6) is -0.797. The monoisotopic (exact) mass is 316 g/mol. The van der Waals surface area contributed by atoms with Gasteiger partial charge in [0.15, 0.2) is 0 Å². The number of ether oxygens (including phenoxy) is 2. The molecule has 6 heteroatoms. The van der Waals surface area contributed by atoms with Crippen LogP contribution in [0, 0.1) is 0 Å². The van der Waals surface area contributed by atoms with Crippen molar-refractivity contribution in [1.82, 2.24) is 9.78 Å². The number of benzene rings is 1. The highest BCUT2D eigenvalue weighted by atomic mass is 16.6. The lowest BCUT2D eigenvalue weighted by atomic mass is 10.1. The number of hydrogen-bond donors (Lipinski definition) is 0. The third-order valence-corrected chi connectivity index (χ3v) is 2.96. The quantitative estimate of drug-likeness (QED) is 0.811. The van der Waals surface area contributed by atoms with Crippen LogP contribution in [0.25, 0.3) is 0 Å². The van der Waals surface area contributed by atoms with E-state index in [-0.39, 0.29) is 5.97 Å². The van der Waals surface area contributed by atoms with E-state index < -0.39 is 11.6 Å². The van der Waals surface area contributed by atoms with Crippen LogP contribution < -0.4 is 0 Å². The number of aromatic nitrogens is 2. The van der Waals surface area contributed by atoms with E-state index in [1.807, 2.05) is 26.8 Å². The standard InChI is InChI=1S/C17H20N2O4/c1-17(2,3)23-16(21)14-9-18-19(11-14)10-12-6-5-7-13(8-12)15(20)22-4/h5-9,11H,10H2,1-4H3. The van der Waals surface area contributed by atoms with Crippen LogP contribution in [0.4, 0.5) is 0 Å². The molecule has 0 fully saturated rings. The molecule has 0 aliphatic carbocycles. The second-order valence-corrected chi connectivity index (χ2v) is 6.12. The maximum atomic E-state index is 12.0. The summed E-state index contributed by atoms with van der Waals surface area (Å²) in [5, 5.41) is 4.16. The Kier molecular flexibility index (Phi) is 4.83. The largest absolute Gasteiger partial charge is 0.465 e. The molecule has 0 bridgehead atoms. The zero-order valence-electron chi connectivity index (χ0n) is 13.7. The van der Waals surface area contributed by atoms with Gasteiger partial charge in [-0.2, -0.15) is 5.10 Å². The Morgan fingerprint density at radius 1 is 1.17 bits per heavy atom. The maximum Gasteiger partial charge on any atom is 0.341 e. The van der Waals surface area contributed by atoms with Crippen molar-refractivity contribution in [2.24, 2.45) is 0 Å². The van der Waals surface area contributed by atoms with Crippen LogP contribution in [0.2, 0.25) is 0 Å². The first-order valence-electron chi connectivity index (χ1n) is 7.21. The van der Waals surface area contributed by atoms with Crippen molar-refractivity contribution in [3.63, 3.8) is 0 Å². The van der Waals surface area contributed by atoms with E-state index in [0.717, 1.165) is 5.56 Å². The van der Waals surface area contributed by atoms with Gasteiger partial charge in [0, 0.05) is 6.20 Å². The summed E-state index contributed by atoms with van der Waals surface area (Å²) >= 11 is 0. The van der Waals surface area contributed by atoms with Gasteiger partial charge in [0.2, 0.25) is 0 Å². The third-order valence-electron chi connectivity index (χ3n) is 2.96. The van der Waals surface area contributed by atoms with Gasteiger partial charge in [0.05, 0.1) is 31.0 Å². The summed E-state index contributed by atoms with van der Waals surface area (Å²) < 4.78 is 11.6. The molecule has 0 N–H and O–H groups in total. The average Bonchev–Trinajstić information content (AvgIpc) is 2.93. The molecular weight excluding hydrogens is 296 g/mol. The molecule has 0 aliphatic heterocycles. The van der Waals surface area contributed by atoms with Crippen LogP contribution >= 0.6 is 0 Å². The first-order chi connectivity index (χ1) is 10.8. The maximum absolute atomic E-state index is 12.0. The molecule has 122 valence electrons. The predicted octanol–water partition coefficient (Wildman–Crippen LogP) is 2.67. The number of methoxy groups -OCH3 is 1. The van der Waals surface area contributed by atoms with Crippen molar-refractivity contribution in [2.75, 3.05) is 7.11 Å². The Morgan fingerprint density at radius 3 is 2.57 bits per heavy atom. The molecule has 2 rings (SSSR count). The van der Waals surface area contributed by atoms with Crippen LogP contribution in [0.15, 0.2) is 36.7 Å². The highest BCUT2D eigenvalue weighted by molar-refractivity contribution is 5.89. The van der Waals surface area contributed by atoms with E-state index in [9.17, 15) is 9.59 Å². The summed E-state index contributed by atoms with van der Waals surface area (Å²) in [6, 6.07) is 7.08. The topological polar surface area (TPSA) is 70.4 Å². The Labute approximate surface area is 135 Å². The molecule has 0 atom stereocenters. The number of esters is 2. The van der Waals surface area contributed by atoms with Gasteiger partial charge in [-0.3, -0.25) is 4.68 Å². The van der Waals surface area contributed by atoms with E-state index in [1.54, 1.807) is 29.1 Å². The molecule has 6 nitrogen and oxygen atoms in total. The Balaban J connectivity index is 2.10. The van der Waals surface area contributed by atoms with Crippen molar-refractivity contribution in [2.45, 2.75) is 32.9 Å². The molecule has 23 heavy (non-hydrogen) atoms. The number of hydrogen-bond acceptors (Lipinski definition) is 5. The fraction of sp³-hybridized carbons (Fsp3) is 0.353. The van der Waals surface area contributed by atoms with E-state index in [2.05, 4.69) is 5.10 Å². The van der Waals surface area contributed by atoms with E-state index in [0.29, 0.717) is 17.7 Å². The van der Waals surface area contributed by atoms with Crippen molar-refractivity contribution < 1.29 is 19.1 Å². The molecule has 0 saturated carbocycles. The molecular formula is C17H20N2O4. The Hall–Kier alpha value is -2.63. The molecule has 1 aromatic heterocycles. The first kappa shape index (κ1) is 16.7. The summed E-state index contributed by atoms with van der Waals surface area (Å²) in [7, 11) is 1.34. The highest BCUT2D eigenvalue weighted by Gasteiger charge is 2.19. The zero-order chi connectivity index (χ0) is 17.0. The predicted molar refractivity (Wildman–Crippen MR) is 84.3 cm³/mol. The lowest BCUT2D eigenvalue weighted by Crippen LogP contribution is -2.23. The van der Waals surface area contributed by atoms with Crippen molar-refractivity contribution in [3.05, 3.63) is 53.3 Å². The number of carbonyl (C=O) groups is 2. The van der Waals surface area contributed by atoms with Crippen molar-refractivity contribution in [3.8, 4) is 0 Å².